The van der Waals surface area contributed by atoms with Crippen molar-refractivity contribution in [1.29, 1.82) is 0 Å². The van der Waals surface area contributed by atoms with E-state index in [0.29, 0.717) is 38.0 Å². The van der Waals surface area contributed by atoms with Crippen molar-refractivity contribution in [3.05, 3.63) is 29.3 Å². The van der Waals surface area contributed by atoms with Gasteiger partial charge in [0.25, 0.3) is 5.91 Å². The number of carbonyl (C=O) groups is 2. The van der Waals surface area contributed by atoms with E-state index >= 15 is 0 Å². The molecule has 0 aromatic heterocycles. The van der Waals surface area contributed by atoms with Gasteiger partial charge in [-0.3, -0.25) is 9.59 Å². The largest absolute Gasteiger partial charge is 0.507 e. The van der Waals surface area contributed by atoms with Crippen LogP contribution in [0.15, 0.2) is 18.2 Å². The maximum atomic E-state index is 12.7. The van der Waals surface area contributed by atoms with Gasteiger partial charge >= 0.3 is 0 Å². The summed E-state index contributed by atoms with van der Waals surface area (Å²) in [5.74, 6) is 0.0854. The Hall–Kier alpha value is -2.08. The first-order valence-electron chi connectivity index (χ1n) is 9.42. The van der Waals surface area contributed by atoms with Crippen LogP contribution in [0.1, 0.15) is 48.0 Å². The Morgan fingerprint density at radius 3 is 2.62 bits per heavy atom. The van der Waals surface area contributed by atoms with Gasteiger partial charge in [0.15, 0.2) is 0 Å². The standard InChI is InChI=1S/C20H28N2O4/c1-15-3-4-16(17(24)13-15)19(26)21-10-7-20(8-11-21)6-5-18(25)22(14-20)9-2-12-23/h3-4,13,23-24H,2,5-12,14H2,1H3. The van der Waals surface area contributed by atoms with Crippen molar-refractivity contribution in [1.82, 2.24) is 9.80 Å². The van der Waals surface area contributed by atoms with E-state index in [1.54, 1.807) is 12.1 Å². The van der Waals surface area contributed by atoms with Crippen molar-refractivity contribution in [2.45, 2.75) is 39.0 Å². The Labute approximate surface area is 154 Å². The van der Waals surface area contributed by atoms with E-state index in [1.165, 1.54) is 0 Å². The zero-order chi connectivity index (χ0) is 18.7. The molecule has 2 heterocycles. The number of piperidine rings is 2. The molecular weight excluding hydrogens is 332 g/mol. The zero-order valence-electron chi connectivity index (χ0n) is 15.4. The summed E-state index contributed by atoms with van der Waals surface area (Å²) in [6.45, 7) is 4.60. The van der Waals surface area contributed by atoms with E-state index < -0.39 is 0 Å². The van der Waals surface area contributed by atoms with Crippen molar-refractivity contribution in [2.75, 3.05) is 32.8 Å². The average molecular weight is 360 g/mol. The van der Waals surface area contributed by atoms with Crippen LogP contribution in [0.4, 0.5) is 0 Å². The topological polar surface area (TPSA) is 81.1 Å². The van der Waals surface area contributed by atoms with E-state index in [1.807, 2.05) is 22.8 Å². The quantitative estimate of drug-likeness (QED) is 0.860. The van der Waals surface area contributed by atoms with Gasteiger partial charge in [-0.05, 0) is 55.7 Å². The van der Waals surface area contributed by atoms with Gasteiger partial charge in [-0.25, -0.2) is 0 Å². The van der Waals surface area contributed by atoms with Crippen LogP contribution in [-0.2, 0) is 4.79 Å². The summed E-state index contributed by atoms with van der Waals surface area (Å²) in [5.41, 5.74) is 1.36. The van der Waals surface area contributed by atoms with E-state index in [0.717, 1.165) is 31.4 Å². The van der Waals surface area contributed by atoms with Crippen molar-refractivity contribution < 1.29 is 19.8 Å². The first-order valence-corrected chi connectivity index (χ1v) is 9.42. The van der Waals surface area contributed by atoms with E-state index in [4.69, 9.17) is 5.11 Å². The summed E-state index contributed by atoms with van der Waals surface area (Å²) in [5, 5.41) is 19.1. The molecule has 1 spiro atoms. The zero-order valence-corrected chi connectivity index (χ0v) is 15.4. The van der Waals surface area contributed by atoms with Gasteiger partial charge in [0.1, 0.15) is 5.75 Å². The Kier molecular flexibility index (Phi) is 5.51. The second kappa shape index (κ2) is 7.66. The summed E-state index contributed by atoms with van der Waals surface area (Å²) in [6, 6.07) is 5.14. The summed E-state index contributed by atoms with van der Waals surface area (Å²) in [7, 11) is 0. The second-order valence-electron chi connectivity index (χ2n) is 7.71. The summed E-state index contributed by atoms with van der Waals surface area (Å²) < 4.78 is 0. The van der Waals surface area contributed by atoms with Crippen molar-refractivity contribution >= 4 is 11.8 Å². The van der Waals surface area contributed by atoms with Gasteiger partial charge in [0.2, 0.25) is 5.91 Å². The van der Waals surface area contributed by atoms with Crippen molar-refractivity contribution in [3.63, 3.8) is 0 Å². The summed E-state index contributed by atoms with van der Waals surface area (Å²) in [4.78, 5) is 28.5. The molecule has 0 saturated carbocycles. The van der Waals surface area contributed by atoms with Crippen LogP contribution in [0.25, 0.3) is 0 Å². The smallest absolute Gasteiger partial charge is 0.257 e. The Balaban J connectivity index is 1.63. The number of aryl methyl sites for hydroxylation is 1. The molecule has 142 valence electrons. The average Bonchev–Trinajstić information content (AvgIpc) is 2.63. The van der Waals surface area contributed by atoms with E-state index in [2.05, 4.69) is 0 Å². The Bertz CT molecular complexity index is 680. The number of nitrogens with zero attached hydrogens (tertiary/aromatic N) is 2. The van der Waals surface area contributed by atoms with Gasteiger partial charge in [0, 0.05) is 39.2 Å². The summed E-state index contributed by atoms with van der Waals surface area (Å²) in [6.07, 6.45) is 3.78. The molecule has 6 nitrogen and oxygen atoms in total. The molecule has 2 fully saturated rings. The molecular formula is C20H28N2O4. The number of rotatable bonds is 4. The number of phenols is 1. The van der Waals surface area contributed by atoms with E-state index in [-0.39, 0.29) is 29.6 Å². The van der Waals surface area contributed by atoms with Crippen LogP contribution < -0.4 is 0 Å². The van der Waals surface area contributed by atoms with Gasteiger partial charge in [-0.1, -0.05) is 6.07 Å². The number of phenolic OH excluding ortho intramolecular Hbond substituents is 1. The highest BCUT2D eigenvalue weighted by Gasteiger charge is 2.41. The maximum Gasteiger partial charge on any atom is 0.257 e. The molecule has 6 heteroatoms. The number of amides is 2. The molecule has 0 atom stereocenters. The highest BCUT2D eigenvalue weighted by molar-refractivity contribution is 5.97. The number of hydrogen-bond donors (Lipinski definition) is 2. The minimum absolute atomic E-state index is 0.0359. The maximum absolute atomic E-state index is 12.7. The number of hydrogen-bond acceptors (Lipinski definition) is 4. The summed E-state index contributed by atoms with van der Waals surface area (Å²) >= 11 is 0. The first-order chi connectivity index (χ1) is 12.4. The van der Waals surface area contributed by atoms with Crippen molar-refractivity contribution in [3.8, 4) is 5.75 Å². The van der Waals surface area contributed by atoms with Crippen LogP contribution in [0.5, 0.6) is 5.75 Å². The normalized spacial score (nSPS) is 19.8. The molecule has 2 aliphatic rings. The molecule has 1 aromatic rings. The van der Waals surface area contributed by atoms with Gasteiger partial charge in [-0.15, -0.1) is 0 Å². The molecule has 2 aliphatic heterocycles. The number of carbonyl (C=O) groups excluding carboxylic acids is 2. The Morgan fingerprint density at radius 2 is 1.96 bits per heavy atom. The number of aromatic hydroxyl groups is 1. The van der Waals surface area contributed by atoms with Crippen LogP contribution >= 0.6 is 0 Å². The predicted octanol–water partition coefficient (Wildman–Crippen LogP) is 1.93. The van der Waals surface area contributed by atoms with E-state index in [9.17, 15) is 14.7 Å². The number of likely N-dealkylation sites (tertiary alicyclic amines) is 2. The molecule has 0 radical (unpaired) electrons. The minimum Gasteiger partial charge on any atom is -0.507 e. The van der Waals surface area contributed by atoms with Crippen molar-refractivity contribution in [2.24, 2.45) is 5.41 Å². The van der Waals surface area contributed by atoms with Crippen LogP contribution in [-0.4, -0.2) is 64.6 Å². The first kappa shape index (κ1) is 18.7. The fourth-order valence-electron chi connectivity index (χ4n) is 4.15. The molecule has 0 bridgehead atoms. The fraction of sp³-hybridized carbons (Fsp3) is 0.600. The third kappa shape index (κ3) is 3.85. The monoisotopic (exact) mass is 360 g/mol. The van der Waals surface area contributed by atoms with Crippen LogP contribution in [0, 0.1) is 12.3 Å². The van der Waals surface area contributed by atoms with Gasteiger partial charge in [-0.2, -0.15) is 0 Å². The number of aliphatic hydroxyl groups excluding tert-OH is 1. The van der Waals surface area contributed by atoms with Crippen LogP contribution in [0.2, 0.25) is 0 Å². The number of aliphatic hydroxyl groups is 1. The highest BCUT2D eigenvalue weighted by atomic mass is 16.3. The third-order valence-electron chi connectivity index (χ3n) is 5.83. The lowest BCUT2D eigenvalue weighted by atomic mass is 9.72. The molecule has 3 rings (SSSR count). The lowest BCUT2D eigenvalue weighted by molar-refractivity contribution is -0.139. The Morgan fingerprint density at radius 1 is 1.23 bits per heavy atom. The predicted molar refractivity (Wildman–Crippen MR) is 97.9 cm³/mol. The molecule has 2 saturated heterocycles. The van der Waals surface area contributed by atoms with Gasteiger partial charge in [0.05, 0.1) is 5.56 Å². The molecule has 1 aromatic carbocycles. The SMILES string of the molecule is Cc1ccc(C(=O)N2CCC3(CCC(=O)N(CCCO)C3)CC2)c(O)c1. The molecule has 2 N–H and O–H groups in total. The highest BCUT2D eigenvalue weighted by Crippen LogP contribution is 2.40. The van der Waals surface area contributed by atoms with Crippen LogP contribution in [0.3, 0.4) is 0 Å². The number of benzene rings is 1. The minimum atomic E-state index is -0.124. The second-order valence-corrected chi connectivity index (χ2v) is 7.71. The molecule has 2 amide bonds. The van der Waals surface area contributed by atoms with Gasteiger partial charge < -0.3 is 20.0 Å². The molecule has 0 unspecified atom stereocenters. The lowest BCUT2D eigenvalue weighted by Crippen LogP contribution is -2.52. The lowest BCUT2D eigenvalue weighted by Gasteiger charge is -2.47. The third-order valence-corrected chi connectivity index (χ3v) is 5.83. The molecule has 26 heavy (non-hydrogen) atoms. The molecule has 0 aliphatic carbocycles. The fourth-order valence-corrected chi connectivity index (χ4v) is 4.15.